The molecule has 0 spiro atoms. The highest BCUT2D eigenvalue weighted by Crippen LogP contribution is 2.28. The molecular formula is C15H23Cl2N3O2. The summed E-state index contributed by atoms with van der Waals surface area (Å²) in [7, 11) is 0. The molecule has 0 aromatic heterocycles. The van der Waals surface area contributed by atoms with Crippen molar-refractivity contribution in [2.75, 3.05) is 26.2 Å². The number of non-ortho nitro benzene ring substituents is 1. The summed E-state index contributed by atoms with van der Waals surface area (Å²) in [5.74, 6) is 0. The average Bonchev–Trinajstić information content (AvgIpc) is 2.45. The van der Waals surface area contributed by atoms with Crippen LogP contribution in [-0.4, -0.2) is 36.0 Å². The van der Waals surface area contributed by atoms with Gasteiger partial charge in [-0.2, -0.15) is 0 Å². The Morgan fingerprint density at radius 1 is 1.32 bits per heavy atom. The summed E-state index contributed by atoms with van der Waals surface area (Å²) in [5, 5.41) is 14.1. The van der Waals surface area contributed by atoms with Crippen LogP contribution >= 0.6 is 24.8 Å². The second kappa shape index (κ2) is 9.79. The zero-order valence-electron chi connectivity index (χ0n) is 12.7. The maximum Gasteiger partial charge on any atom is 0.269 e. The lowest BCUT2D eigenvalue weighted by molar-refractivity contribution is -0.384. The van der Waals surface area contributed by atoms with E-state index in [1.807, 2.05) is 19.1 Å². The first-order valence-corrected chi connectivity index (χ1v) is 6.91. The van der Waals surface area contributed by atoms with Gasteiger partial charge in [0.05, 0.1) is 4.92 Å². The molecule has 0 aliphatic carbocycles. The van der Waals surface area contributed by atoms with E-state index in [2.05, 4.69) is 16.8 Å². The third kappa shape index (κ3) is 5.57. The zero-order valence-corrected chi connectivity index (χ0v) is 14.3. The van der Waals surface area contributed by atoms with E-state index in [4.69, 9.17) is 0 Å². The smallest absolute Gasteiger partial charge is 0.269 e. The third-order valence-electron chi connectivity index (χ3n) is 3.62. The molecular weight excluding hydrogens is 325 g/mol. The highest BCUT2D eigenvalue weighted by Gasteiger charge is 2.22. The van der Waals surface area contributed by atoms with Gasteiger partial charge < -0.3 is 5.32 Å². The lowest BCUT2D eigenvalue weighted by Gasteiger charge is -2.35. The molecule has 1 fully saturated rings. The van der Waals surface area contributed by atoms with Crippen LogP contribution in [0.1, 0.15) is 24.9 Å². The van der Waals surface area contributed by atoms with Crippen LogP contribution < -0.4 is 5.32 Å². The topological polar surface area (TPSA) is 58.4 Å². The molecule has 1 saturated heterocycles. The molecule has 0 unspecified atom stereocenters. The SMILES string of the molecule is C=C(C)C[C@H](c1ccc([N+](=O)[O-])cc1)N1CCNCC1.Cl.Cl. The molecule has 1 aliphatic rings. The molecule has 1 atom stereocenters. The number of hydrogen-bond acceptors (Lipinski definition) is 4. The van der Waals surface area contributed by atoms with Crippen LogP contribution in [0.4, 0.5) is 5.69 Å². The van der Waals surface area contributed by atoms with Crippen LogP contribution in [0.25, 0.3) is 0 Å². The Labute approximate surface area is 143 Å². The minimum Gasteiger partial charge on any atom is -0.314 e. The first kappa shape index (κ1) is 20.9. The lowest BCUT2D eigenvalue weighted by atomic mass is 9.98. The second-order valence-electron chi connectivity index (χ2n) is 5.31. The van der Waals surface area contributed by atoms with E-state index >= 15 is 0 Å². The van der Waals surface area contributed by atoms with Crippen molar-refractivity contribution in [3.63, 3.8) is 0 Å². The van der Waals surface area contributed by atoms with Crippen molar-refractivity contribution in [1.82, 2.24) is 10.2 Å². The van der Waals surface area contributed by atoms with Crippen molar-refractivity contribution in [3.8, 4) is 0 Å². The van der Waals surface area contributed by atoms with Gasteiger partial charge in [0, 0.05) is 44.4 Å². The largest absolute Gasteiger partial charge is 0.314 e. The minimum absolute atomic E-state index is 0. The fraction of sp³-hybridized carbons (Fsp3) is 0.467. The van der Waals surface area contributed by atoms with E-state index in [9.17, 15) is 10.1 Å². The first-order valence-electron chi connectivity index (χ1n) is 6.91. The summed E-state index contributed by atoms with van der Waals surface area (Å²) in [6, 6.07) is 7.17. The van der Waals surface area contributed by atoms with Crippen molar-refractivity contribution in [2.45, 2.75) is 19.4 Å². The maximum atomic E-state index is 10.7. The number of rotatable bonds is 5. The molecule has 0 amide bonds. The van der Waals surface area contributed by atoms with Gasteiger partial charge in [-0.05, 0) is 18.9 Å². The summed E-state index contributed by atoms with van der Waals surface area (Å²) >= 11 is 0. The monoisotopic (exact) mass is 347 g/mol. The number of hydrogen-bond donors (Lipinski definition) is 1. The fourth-order valence-corrected chi connectivity index (χ4v) is 2.60. The van der Waals surface area contributed by atoms with E-state index < -0.39 is 0 Å². The molecule has 1 aromatic carbocycles. The highest BCUT2D eigenvalue weighted by atomic mass is 35.5. The molecule has 22 heavy (non-hydrogen) atoms. The Kier molecular flexibility index (Phi) is 9.28. The molecule has 5 nitrogen and oxygen atoms in total. The molecule has 0 saturated carbocycles. The van der Waals surface area contributed by atoms with Crippen molar-refractivity contribution in [1.29, 1.82) is 0 Å². The van der Waals surface area contributed by atoms with Gasteiger partial charge in [0.15, 0.2) is 0 Å². The molecule has 0 radical (unpaired) electrons. The predicted octanol–water partition coefficient (Wildman–Crippen LogP) is 3.35. The summed E-state index contributed by atoms with van der Waals surface area (Å²) in [5.41, 5.74) is 2.40. The summed E-state index contributed by atoms with van der Waals surface area (Å²) in [6.07, 6.45) is 0.887. The molecule has 1 aromatic rings. The van der Waals surface area contributed by atoms with Gasteiger partial charge in [-0.3, -0.25) is 15.0 Å². The summed E-state index contributed by atoms with van der Waals surface area (Å²) in [4.78, 5) is 12.8. The van der Waals surface area contributed by atoms with Crippen molar-refractivity contribution in [3.05, 3.63) is 52.1 Å². The van der Waals surface area contributed by atoms with Gasteiger partial charge in [-0.25, -0.2) is 0 Å². The predicted molar refractivity (Wildman–Crippen MR) is 94.2 cm³/mol. The van der Waals surface area contributed by atoms with Gasteiger partial charge in [0.25, 0.3) is 5.69 Å². The molecule has 0 bridgehead atoms. The number of benzene rings is 1. The van der Waals surface area contributed by atoms with E-state index in [1.54, 1.807) is 12.1 Å². The number of halogens is 2. The Balaban J connectivity index is 0.00000220. The van der Waals surface area contributed by atoms with Gasteiger partial charge in [-0.15, -0.1) is 31.4 Å². The molecule has 124 valence electrons. The van der Waals surface area contributed by atoms with Crippen LogP contribution in [0.2, 0.25) is 0 Å². The van der Waals surface area contributed by atoms with Crippen molar-refractivity contribution < 1.29 is 4.92 Å². The van der Waals surface area contributed by atoms with Crippen molar-refractivity contribution >= 4 is 30.5 Å². The van der Waals surface area contributed by atoms with Crippen LogP contribution in [0.3, 0.4) is 0 Å². The maximum absolute atomic E-state index is 10.7. The number of nitrogens with one attached hydrogen (secondary N) is 1. The molecule has 1 aliphatic heterocycles. The van der Waals surface area contributed by atoms with E-state index in [1.165, 1.54) is 0 Å². The molecule has 2 rings (SSSR count). The number of nitrogens with zero attached hydrogens (tertiary/aromatic N) is 2. The number of nitro groups is 1. The number of piperazine rings is 1. The van der Waals surface area contributed by atoms with Crippen LogP contribution in [0, 0.1) is 10.1 Å². The minimum atomic E-state index is -0.359. The van der Waals surface area contributed by atoms with Crippen LogP contribution in [0.5, 0.6) is 0 Å². The molecule has 1 heterocycles. The normalized spacial score (nSPS) is 16.0. The first-order chi connectivity index (χ1) is 9.58. The Morgan fingerprint density at radius 3 is 2.32 bits per heavy atom. The van der Waals surface area contributed by atoms with E-state index in [0.29, 0.717) is 0 Å². The Morgan fingerprint density at radius 2 is 1.86 bits per heavy atom. The van der Waals surface area contributed by atoms with E-state index in [0.717, 1.165) is 43.7 Å². The summed E-state index contributed by atoms with van der Waals surface area (Å²) in [6.45, 7) is 10.0. The van der Waals surface area contributed by atoms with E-state index in [-0.39, 0.29) is 41.5 Å². The fourth-order valence-electron chi connectivity index (χ4n) is 2.60. The van der Waals surface area contributed by atoms with Gasteiger partial charge in [-0.1, -0.05) is 17.7 Å². The van der Waals surface area contributed by atoms with Crippen LogP contribution in [0.15, 0.2) is 36.4 Å². The molecule has 7 heteroatoms. The van der Waals surface area contributed by atoms with Crippen LogP contribution in [-0.2, 0) is 0 Å². The number of nitro benzene ring substituents is 1. The third-order valence-corrected chi connectivity index (χ3v) is 3.62. The van der Waals surface area contributed by atoms with Gasteiger partial charge in [0.1, 0.15) is 0 Å². The van der Waals surface area contributed by atoms with Gasteiger partial charge in [0.2, 0.25) is 0 Å². The Bertz CT molecular complexity index is 488. The van der Waals surface area contributed by atoms with Crippen molar-refractivity contribution in [2.24, 2.45) is 0 Å². The zero-order chi connectivity index (χ0) is 14.5. The Hall–Kier alpha value is -1.14. The highest BCUT2D eigenvalue weighted by molar-refractivity contribution is 5.85. The standard InChI is InChI=1S/C15H21N3O2.2ClH/c1-12(2)11-15(17-9-7-16-8-10-17)13-3-5-14(6-4-13)18(19)20;;/h3-6,15-16H,1,7-11H2,2H3;2*1H/t15-;;/m1../s1. The second-order valence-corrected chi connectivity index (χ2v) is 5.31. The summed E-state index contributed by atoms with van der Waals surface area (Å²) < 4.78 is 0. The lowest BCUT2D eigenvalue weighted by Crippen LogP contribution is -2.45. The molecule has 1 N–H and O–H groups in total. The quantitative estimate of drug-likeness (QED) is 0.504. The van der Waals surface area contributed by atoms with Gasteiger partial charge >= 0.3 is 0 Å². The average molecular weight is 348 g/mol.